The van der Waals surface area contributed by atoms with Gasteiger partial charge in [0.25, 0.3) is 0 Å². The highest BCUT2D eigenvalue weighted by molar-refractivity contribution is 9.10. The first-order valence-electron chi connectivity index (χ1n) is 5.38. The van der Waals surface area contributed by atoms with Crippen molar-refractivity contribution in [3.63, 3.8) is 0 Å². The van der Waals surface area contributed by atoms with E-state index >= 15 is 0 Å². The first-order valence-corrected chi connectivity index (χ1v) is 6.18. The third-order valence-electron chi connectivity index (χ3n) is 3.01. The lowest BCUT2D eigenvalue weighted by Crippen LogP contribution is -2.33. The normalized spacial score (nSPS) is 21.1. The Bertz CT molecular complexity index is 402. The lowest BCUT2D eigenvalue weighted by atomic mass is 9.99. The van der Waals surface area contributed by atoms with E-state index in [2.05, 4.69) is 21.2 Å². The molecule has 1 N–H and O–H groups in total. The van der Waals surface area contributed by atoms with Gasteiger partial charge in [-0.3, -0.25) is 0 Å². The predicted molar refractivity (Wildman–Crippen MR) is 65.1 cm³/mol. The van der Waals surface area contributed by atoms with Crippen LogP contribution in [0.25, 0.3) is 0 Å². The molecule has 88 valence electrons. The maximum atomic E-state index is 13.9. The van der Waals surface area contributed by atoms with Crippen molar-refractivity contribution in [1.29, 1.82) is 0 Å². The predicted octanol–water partition coefficient (Wildman–Crippen LogP) is 2.87. The van der Waals surface area contributed by atoms with Crippen molar-refractivity contribution in [2.75, 3.05) is 19.7 Å². The number of halogens is 2. The highest BCUT2D eigenvalue weighted by atomic mass is 79.9. The van der Waals surface area contributed by atoms with Crippen LogP contribution in [0.4, 0.5) is 4.39 Å². The summed E-state index contributed by atoms with van der Waals surface area (Å²) < 4.78 is 20.4. The average molecular weight is 288 g/mol. The molecule has 0 amide bonds. The lowest BCUT2D eigenvalue weighted by Gasteiger charge is -2.26. The molecule has 2 nitrogen and oxygen atoms in total. The van der Waals surface area contributed by atoms with Gasteiger partial charge in [-0.2, -0.15) is 0 Å². The molecule has 4 heteroatoms. The van der Waals surface area contributed by atoms with Crippen molar-refractivity contribution in [3.05, 3.63) is 33.0 Å². The number of hydrogen-bond acceptors (Lipinski definition) is 2. The van der Waals surface area contributed by atoms with Gasteiger partial charge in [0.15, 0.2) is 0 Å². The van der Waals surface area contributed by atoms with Crippen molar-refractivity contribution in [1.82, 2.24) is 5.32 Å². The molecule has 1 heterocycles. The van der Waals surface area contributed by atoms with E-state index in [0.29, 0.717) is 17.7 Å². The number of ether oxygens (including phenoxy) is 1. The van der Waals surface area contributed by atoms with Crippen molar-refractivity contribution in [2.24, 2.45) is 0 Å². The number of rotatable bonds is 1. The summed E-state index contributed by atoms with van der Waals surface area (Å²) in [5.41, 5.74) is 2.28. The van der Waals surface area contributed by atoms with Gasteiger partial charge >= 0.3 is 0 Å². The molecule has 1 atom stereocenters. The first kappa shape index (κ1) is 12.0. The highest BCUT2D eigenvalue weighted by Gasteiger charge is 2.21. The summed E-state index contributed by atoms with van der Waals surface area (Å²) in [6.07, 6.45) is -0.0415. The van der Waals surface area contributed by atoms with Crippen LogP contribution >= 0.6 is 15.9 Å². The molecule has 1 aromatic carbocycles. The number of hydrogen-bond donors (Lipinski definition) is 1. The fraction of sp³-hybridized carbons (Fsp3) is 0.500. The summed E-state index contributed by atoms with van der Waals surface area (Å²) >= 11 is 3.38. The van der Waals surface area contributed by atoms with Gasteiger partial charge in [-0.05, 0) is 36.6 Å². The molecular weight excluding hydrogens is 273 g/mol. The highest BCUT2D eigenvalue weighted by Crippen LogP contribution is 2.30. The minimum absolute atomic E-state index is 0.0415. The van der Waals surface area contributed by atoms with Crippen LogP contribution in [0.3, 0.4) is 0 Å². The largest absolute Gasteiger partial charge is 0.371 e. The van der Waals surface area contributed by atoms with E-state index in [9.17, 15) is 4.39 Å². The third kappa shape index (κ3) is 2.14. The van der Waals surface area contributed by atoms with E-state index in [1.54, 1.807) is 6.92 Å². The molecule has 0 spiro atoms. The summed E-state index contributed by atoms with van der Waals surface area (Å²) in [6.45, 7) is 5.87. The molecule has 0 aliphatic carbocycles. The second-order valence-electron chi connectivity index (χ2n) is 4.08. The molecule has 1 aliphatic heterocycles. The Hall–Kier alpha value is -0.450. The molecule has 1 fully saturated rings. The van der Waals surface area contributed by atoms with Crippen LogP contribution in [0, 0.1) is 19.7 Å². The van der Waals surface area contributed by atoms with Crippen LogP contribution in [0.5, 0.6) is 0 Å². The SMILES string of the molecule is Cc1c(Br)cc(C2CNCCO2)c(C)c1F. The van der Waals surface area contributed by atoms with E-state index in [-0.39, 0.29) is 11.9 Å². The zero-order chi connectivity index (χ0) is 11.7. The van der Waals surface area contributed by atoms with Crippen molar-refractivity contribution in [2.45, 2.75) is 20.0 Å². The zero-order valence-corrected chi connectivity index (χ0v) is 11.0. The van der Waals surface area contributed by atoms with Crippen molar-refractivity contribution < 1.29 is 9.13 Å². The Morgan fingerprint density at radius 3 is 2.81 bits per heavy atom. The van der Waals surface area contributed by atoms with Crippen LogP contribution in [-0.2, 0) is 4.74 Å². The summed E-state index contributed by atoms with van der Waals surface area (Å²) in [5, 5.41) is 3.25. The van der Waals surface area contributed by atoms with Crippen LogP contribution in [0.2, 0.25) is 0 Å². The second kappa shape index (κ2) is 4.82. The molecule has 0 bridgehead atoms. The molecule has 1 unspecified atom stereocenters. The Morgan fingerprint density at radius 1 is 1.44 bits per heavy atom. The monoisotopic (exact) mass is 287 g/mol. The maximum absolute atomic E-state index is 13.9. The van der Waals surface area contributed by atoms with Gasteiger partial charge in [-0.1, -0.05) is 15.9 Å². The molecule has 1 aromatic rings. The zero-order valence-electron chi connectivity index (χ0n) is 9.44. The standard InChI is InChI=1S/C12H15BrFNO/c1-7-9(11-6-15-3-4-16-11)5-10(13)8(2)12(7)14/h5,11,15H,3-4,6H2,1-2H3. The summed E-state index contributed by atoms with van der Waals surface area (Å²) in [6, 6.07) is 1.96. The Morgan fingerprint density at radius 2 is 2.19 bits per heavy atom. The van der Waals surface area contributed by atoms with Crippen LogP contribution in [0.1, 0.15) is 22.8 Å². The molecule has 0 radical (unpaired) electrons. The molecule has 16 heavy (non-hydrogen) atoms. The topological polar surface area (TPSA) is 21.3 Å². The van der Waals surface area contributed by atoms with Gasteiger partial charge in [-0.15, -0.1) is 0 Å². The second-order valence-corrected chi connectivity index (χ2v) is 4.93. The molecule has 1 saturated heterocycles. The Kier molecular flexibility index (Phi) is 3.62. The quantitative estimate of drug-likeness (QED) is 0.858. The van der Waals surface area contributed by atoms with Gasteiger partial charge < -0.3 is 10.1 Å². The van der Waals surface area contributed by atoms with Gasteiger partial charge in [-0.25, -0.2) is 4.39 Å². The smallest absolute Gasteiger partial charge is 0.130 e. The molecule has 0 saturated carbocycles. The number of benzene rings is 1. The third-order valence-corrected chi connectivity index (χ3v) is 3.83. The summed E-state index contributed by atoms with van der Waals surface area (Å²) in [4.78, 5) is 0. The number of morpholine rings is 1. The summed E-state index contributed by atoms with van der Waals surface area (Å²) in [7, 11) is 0. The van der Waals surface area contributed by atoms with Crippen molar-refractivity contribution in [3.8, 4) is 0 Å². The average Bonchev–Trinajstić information content (AvgIpc) is 2.32. The van der Waals surface area contributed by atoms with E-state index in [1.165, 1.54) is 0 Å². The fourth-order valence-corrected chi connectivity index (χ4v) is 2.39. The maximum Gasteiger partial charge on any atom is 0.130 e. The van der Waals surface area contributed by atoms with Crippen LogP contribution in [0.15, 0.2) is 10.5 Å². The van der Waals surface area contributed by atoms with E-state index in [4.69, 9.17) is 4.74 Å². The van der Waals surface area contributed by atoms with Crippen molar-refractivity contribution >= 4 is 15.9 Å². The Labute approximate surface area is 103 Å². The van der Waals surface area contributed by atoms with E-state index in [1.807, 2.05) is 13.0 Å². The molecule has 2 rings (SSSR count). The minimum Gasteiger partial charge on any atom is -0.371 e. The van der Waals surface area contributed by atoms with E-state index in [0.717, 1.165) is 23.1 Å². The molecular formula is C12H15BrFNO. The van der Waals surface area contributed by atoms with Gasteiger partial charge in [0, 0.05) is 17.6 Å². The molecule has 1 aliphatic rings. The number of nitrogens with one attached hydrogen (secondary N) is 1. The van der Waals surface area contributed by atoms with Crippen LogP contribution in [-0.4, -0.2) is 19.7 Å². The van der Waals surface area contributed by atoms with Crippen LogP contribution < -0.4 is 5.32 Å². The molecule has 0 aromatic heterocycles. The summed E-state index contributed by atoms with van der Waals surface area (Å²) in [5.74, 6) is -0.140. The lowest BCUT2D eigenvalue weighted by molar-refractivity contribution is 0.0270. The fourth-order valence-electron chi connectivity index (χ4n) is 1.97. The first-order chi connectivity index (χ1) is 7.61. The van der Waals surface area contributed by atoms with E-state index < -0.39 is 0 Å². The van der Waals surface area contributed by atoms with Gasteiger partial charge in [0.05, 0.1) is 12.7 Å². The van der Waals surface area contributed by atoms with Gasteiger partial charge in [0.2, 0.25) is 0 Å². The minimum atomic E-state index is -0.140. The van der Waals surface area contributed by atoms with Gasteiger partial charge in [0.1, 0.15) is 5.82 Å². The Balaban J connectivity index is 2.40.